The Kier molecular flexibility index (Phi) is 4.91. The van der Waals surface area contributed by atoms with E-state index in [-0.39, 0.29) is 10.5 Å². The predicted molar refractivity (Wildman–Crippen MR) is 88.8 cm³/mol. The summed E-state index contributed by atoms with van der Waals surface area (Å²) in [6, 6.07) is 4.83. The Balaban J connectivity index is 1.84. The fraction of sp³-hybridized carbons (Fsp3) is 0.438. The first-order chi connectivity index (χ1) is 11.7. The molecule has 1 saturated carbocycles. The second-order valence-electron chi connectivity index (χ2n) is 6.17. The van der Waals surface area contributed by atoms with E-state index in [1.54, 1.807) is 11.6 Å². The van der Waals surface area contributed by atoms with Crippen LogP contribution in [0, 0.1) is 0 Å². The molecule has 2 aromatic rings. The van der Waals surface area contributed by atoms with E-state index < -0.39 is 28.2 Å². The summed E-state index contributed by atoms with van der Waals surface area (Å²) in [4.78, 5) is 4.23. The lowest BCUT2D eigenvalue weighted by molar-refractivity contribution is -0.127. The normalized spacial score (nSPS) is 17.7. The molecule has 0 spiro atoms. The van der Waals surface area contributed by atoms with E-state index in [4.69, 9.17) is 0 Å². The number of benzene rings is 1. The summed E-state index contributed by atoms with van der Waals surface area (Å²) >= 11 is 1.40. The van der Waals surface area contributed by atoms with Crippen LogP contribution in [-0.4, -0.2) is 19.6 Å². The van der Waals surface area contributed by atoms with Gasteiger partial charge in [0.1, 0.15) is 5.01 Å². The van der Waals surface area contributed by atoms with Crippen LogP contribution in [0.3, 0.4) is 0 Å². The number of halogens is 3. The maximum Gasteiger partial charge on any atom is 0.393 e. The van der Waals surface area contributed by atoms with Crippen molar-refractivity contribution in [1.82, 2.24) is 9.71 Å². The highest BCUT2D eigenvalue weighted by Gasteiger charge is 2.41. The first-order valence-electron chi connectivity index (χ1n) is 7.80. The maximum atomic E-state index is 12.7. The number of rotatable bonds is 5. The molecule has 0 aliphatic heterocycles. The highest BCUT2D eigenvalue weighted by Crippen LogP contribution is 2.40. The summed E-state index contributed by atoms with van der Waals surface area (Å²) in [5.74, 6) is 0. The molecule has 1 fully saturated rings. The van der Waals surface area contributed by atoms with E-state index >= 15 is 0 Å². The smallest absolute Gasteiger partial charge is 0.248 e. The van der Waals surface area contributed by atoms with Crippen LogP contribution in [0.15, 0.2) is 40.7 Å². The van der Waals surface area contributed by atoms with Gasteiger partial charge in [-0.2, -0.15) is 17.9 Å². The van der Waals surface area contributed by atoms with Crippen LogP contribution in [0.25, 0.3) is 0 Å². The second-order valence-corrected chi connectivity index (χ2v) is 8.74. The van der Waals surface area contributed by atoms with Gasteiger partial charge in [0.25, 0.3) is 0 Å². The largest absolute Gasteiger partial charge is 0.393 e. The third-order valence-electron chi connectivity index (χ3n) is 4.27. The Hall–Kier alpha value is -1.45. The molecule has 1 N–H and O–H groups in total. The minimum Gasteiger partial charge on any atom is -0.248 e. The van der Waals surface area contributed by atoms with E-state index in [0.717, 1.165) is 17.8 Å². The molecule has 0 amide bonds. The van der Waals surface area contributed by atoms with Gasteiger partial charge in [0.05, 0.1) is 16.9 Å². The van der Waals surface area contributed by atoms with E-state index in [9.17, 15) is 21.6 Å². The molecule has 1 aliphatic carbocycles. The monoisotopic (exact) mass is 390 g/mol. The summed E-state index contributed by atoms with van der Waals surface area (Å²) in [7, 11) is -3.85. The van der Waals surface area contributed by atoms with Gasteiger partial charge in [-0.25, -0.2) is 13.4 Å². The van der Waals surface area contributed by atoms with Crippen LogP contribution in [0.4, 0.5) is 13.2 Å². The third-order valence-corrected chi connectivity index (χ3v) is 6.80. The molecular weight excluding hydrogens is 373 g/mol. The van der Waals surface area contributed by atoms with Gasteiger partial charge < -0.3 is 0 Å². The van der Waals surface area contributed by atoms with Gasteiger partial charge in [-0.15, -0.1) is 11.3 Å². The average Bonchev–Trinajstić information content (AvgIpc) is 3.17. The summed E-state index contributed by atoms with van der Waals surface area (Å²) < 4.78 is 65.5. The van der Waals surface area contributed by atoms with E-state index in [1.807, 2.05) is 0 Å². The second kappa shape index (κ2) is 6.69. The Morgan fingerprint density at radius 2 is 1.80 bits per heavy atom. The zero-order chi connectivity index (χ0) is 18.1. The molecule has 1 aromatic heterocycles. The molecule has 0 bridgehead atoms. The lowest BCUT2D eigenvalue weighted by atomic mass is 10.0. The number of thiazole rings is 1. The van der Waals surface area contributed by atoms with Gasteiger partial charge in [0.15, 0.2) is 0 Å². The van der Waals surface area contributed by atoms with Crippen LogP contribution in [0.5, 0.6) is 0 Å². The van der Waals surface area contributed by atoms with E-state index in [1.165, 1.54) is 35.6 Å². The Labute approximate surface area is 148 Å². The van der Waals surface area contributed by atoms with Crippen LogP contribution in [-0.2, 0) is 22.0 Å². The van der Waals surface area contributed by atoms with Crippen LogP contribution in [0.2, 0.25) is 0 Å². The number of hydrogen-bond donors (Lipinski definition) is 1. The number of nitrogens with zero attached hydrogens (tertiary/aromatic N) is 1. The molecule has 25 heavy (non-hydrogen) atoms. The molecule has 0 radical (unpaired) electrons. The fourth-order valence-electron chi connectivity index (χ4n) is 3.13. The number of hydrogen-bond acceptors (Lipinski definition) is 4. The van der Waals surface area contributed by atoms with Crippen LogP contribution < -0.4 is 4.72 Å². The first kappa shape index (κ1) is 18.3. The number of sulfonamides is 1. The van der Waals surface area contributed by atoms with Gasteiger partial charge in [-0.1, -0.05) is 25.0 Å². The molecule has 1 aromatic carbocycles. The molecule has 0 saturated heterocycles. The summed E-state index contributed by atoms with van der Waals surface area (Å²) in [6.07, 6.45) is -0.654. The number of nitrogens with one attached hydrogen (secondary N) is 1. The van der Waals surface area contributed by atoms with Crippen molar-refractivity contribution in [1.29, 1.82) is 0 Å². The molecule has 1 heterocycles. The van der Waals surface area contributed by atoms with E-state index in [0.29, 0.717) is 12.8 Å². The van der Waals surface area contributed by atoms with Crippen molar-refractivity contribution in [2.24, 2.45) is 0 Å². The molecule has 1 aliphatic rings. The van der Waals surface area contributed by atoms with Crippen molar-refractivity contribution >= 4 is 21.4 Å². The minimum absolute atomic E-state index is 0.0296. The quantitative estimate of drug-likeness (QED) is 0.840. The zero-order valence-corrected chi connectivity index (χ0v) is 14.8. The highest BCUT2D eigenvalue weighted by molar-refractivity contribution is 7.89. The minimum atomic E-state index is -4.32. The fourth-order valence-corrected chi connectivity index (χ4v) is 5.48. The maximum absolute atomic E-state index is 12.7. The van der Waals surface area contributed by atoms with Crippen molar-refractivity contribution in [2.75, 3.05) is 0 Å². The van der Waals surface area contributed by atoms with Gasteiger partial charge >= 0.3 is 6.18 Å². The lowest BCUT2D eigenvalue weighted by Crippen LogP contribution is -2.43. The van der Waals surface area contributed by atoms with Crippen molar-refractivity contribution in [3.8, 4) is 0 Å². The van der Waals surface area contributed by atoms with Crippen molar-refractivity contribution < 1.29 is 21.6 Å². The lowest BCUT2D eigenvalue weighted by Gasteiger charge is -2.27. The first-order valence-corrected chi connectivity index (χ1v) is 10.2. The molecule has 136 valence electrons. The third kappa shape index (κ3) is 4.21. The Bertz CT molecular complexity index is 810. The molecule has 4 nitrogen and oxygen atoms in total. The van der Waals surface area contributed by atoms with Gasteiger partial charge in [-0.05, 0) is 30.5 Å². The van der Waals surface area contributed by atoms with Gasteiger partial charge in [0.2, 0.25) is 10.0 Å². The zero-order valence-electron chi connectivity index (χ0n) is 13.2. The molecule has 3 rings (SSSR count). The van der Waals surface area contributed by atoms with Crippen LogP contribution in [0.1, 0.15) is 36.3 Å². The van der Waals surface area contributed by atoms with Crippen molar-refractivity contribution in [3.63, 3.8) is 0 Å². The molecule has 0 unspecified atom stereocenters. The number of aromatic nitrogens is 1. The molecule has 9 heteroatoms. The van der Waals surface area contributed by atoms with Gasteiger partial charge in [0, 0.05) is 11.6 Å². The topological polar surface area (TPSA) is 59.1 Å². The highest BCUT2D eigenvalue weighted by atomic mass is 32.2. The Morgan fingerprint density at radius 1 is 1.16 bits per heavy atom. The summed E-state index contributed by atoms with van der Waals surface area (Å²) in [6.45, 7) is 0. The molecule has 0 atom stereocenters. The number of alkyl halides is 3. The predicted octanol–water partition coefficient (Wildman–Crippen LogP) is 4.00. The van der Waals surface area contributed by atoms with Gasteiger partial charge in [-0.3, -0.25) is 0 Å². The SMILES string of the molecule is O=S(=O)(NC1(c2nccs2)CCCC1)c1ccc(CC(F)(F)F)cc1. The summed E-state index contributed by atoms with van der Waals surface area (Å²) in [5, 5.41) is 2.53. The van der Waals surface area contributed by atoms with Crippen LogP contribution >= 0.6 is 11.3 Å². The average molecular weight is 390 g/mol. The van der Waals surface area contributed by atoms with E-state index in [2.05, 4.69) is 9.71 Å². The summed E-state index contributed by atoms with van der Waals surface area (Å²) in [5.41, 5.74) is -0.695. The standard InChI is InChI=1S/C16H17F3N2O2S2/c17-16(18,19)11-12-3-5-13(6-4-12)25(22,23)21-15(7-1-2-8-15)14-20-9-10-24-14/h3-6,9-10,21H,1-2,7-8,11H2. The van der Waals surface area contributed by atoms with Crippen molar-refractivity contribution in [2.45, 2.75) is 48.7 Å². The molecular formula is C16H17F3N2O2S2. The van der Waals surface area contributed by atoms with Crippen molar-refractivity contribution in [3.05, 3.63) is 46.4 Å². The Morgan fingerprint density at radius 3 is 2.32 bits per heavy atom.